The highest BCUT2D eigenvalue weighted by atomic mass is 32.1. The maximum Gasteiger partial charge on any atom is 0.328 e. The molecular formula is C11H11N3O4S. The van der Waals surface area contributed by atoms with E-state index in [2.05, 4.69) is 15.6 Å². The van der Waals surface area contributed by atoms with Crippen molar-refractivity contribution in [3.05, 3.63) is 24.3 Å². The van der Waals surface area contributed by atoms with Gasteiger partial charge < -0.3 is 15.5 Å². The lowest BCUT2D eigenvalue weighted by molar-refractivity contribution is -0.140. The van der Waals surface area contributed by atoms with Gasteiger partial charge in [-0.2, -0.15) is 0 Å². The third kappa shape index (κ3) is 3.18. The zero-order chi connectivity index (χ0) is 13.8. The van der Waals surface area contributed by atoms with Gasteiger partial charge >= 0.3 is 12.0 Å². The fourth-order valence-corrected chi connectivity index (χ4v) is 2.26. The highest BCUT2D eigenvalue weighted by Gasteiger charge is 2.19. The van der Waals surface area contributed by atoms with Crippen molar-refractivity contribution < 1.29 is 19.8 Å². The summed E-state index contributed by atoms with van der Waals surface area (Å²) in [6.45, 7) is -0.678. The summed E-state index contributed by atoms with van der Waals surface area (Å²) in [6.07, 6.45) is 0. The molecule has 0 unspecified atom stereocenters. The van der Waals surface area contributed by atoms with E-state index in [9.17, 15) is 9.59 Å². The van der Waals surface area contributed by atoms with Crippen molar-refractivity contribution in [1.29, 1.82) is 0 Å². The van der Waals surface area contributed by atoms with E-state index in [4.69, 9.17) is 10.2 Å². The SMILES string of the molecule is O=C(Nc1nc2ccccc2s1)N[C@H](CO)C(=O)O. The van der Waals surface area contributed by atoms with Crippen LogP contribution in [0.1, 0.15) is 0 Å². The summed E-state index contributed by atoms with van der Waals surface area (Å²) in [7, 11) is 0. The number of amides is 2. The predicted octanol–water partition coefficient (Wildman–Crippen LogP) is 0.863. The number of carboxylic acid groups (broad SMARTS) is 1. The van der Waals surface area contributed by atoms with E-state index in [1.807, 2.05) is 24.3 Å². The first kappa shape index (κ1) is 13.2. The Morgan fingerprint density at radius 1 is 1.37 bits per heavy atom. The molecule has 2 amide bonds. The average molecular weight is 281 g/mol. The summed E-state index contributed by atoms with van der Waals surface area (Å²) in [5.74, 6) is -1.30. The molecular weight excluding hydrogens is 270 g/mol. The summed E-state index contributed by atoms with van der Waals surface area (Å²) < 4.78 is 0.912. The Bertz CT molecular complexity index is 580. The Morgan fingerprint density at radius 2 is 2.11 bits per heavy atom. The molecule has 1 aromatic carbocycles. The van der Waals surface area contributed by atoms with Gasteiger partial charge in [0.25, 0.3) is 0 Å². The second-order valence-corrected chi connectivity index (χ2v) is 4.69. The Kier molecular flexibility index (Phi) is 3.93. The standard InChI is InChI=1S/C11H11N3O4S/c15-5-7(9(16)17)12-10(18)14-11-13-6-3-1-2-4-8(6)19-11/h1-4,7,15H,5H2,(H,16,17)(H2,12,13,14,18)/t7-/m1/s1. The van der Waals surface area contributed by atoms with Crippen LogP contribution >= 0.6 is 11.3 Å². The molecule has 7 nitrogen and oxygen atoms in total. The van der Waals surface area contributed by atoms with Crippen LogP contribution in [0.4, 0.5) is 9.93 Å². The minimum Gasteiger partial charge on any atom is -0.480 e. The van der Waals surface area contributed by atoms with Gasteiger partial charge in [0.2, 0.25) is 0 Å². The van der Waals surface area contributed by atoms with Crippen LogP contribution in [0.5, 0.6) is 0 Å². The number of benzene rings is 1. The fourth-order valence-electron chi connectivity index (χ4n) is 1.40. The van der Waals surface area contributed by atoms with Crippen LogP contribution in [0.3, 0.4) is 0 Å². The number of thiazole rings is 1. The van der Waals surface area contributed by atoms with Gasteiger partial charge in [0.1, 0.15) is 0 Å². The van der Waals surface area contributed by atoms with Gasteiger partial charge in [-0.05, 0) is 12.1 Å². The van der Waals surface area contributed by atoms with E-state index in [1.54, 1.807) is 0 Å². The van der Waals surface area contributed by atoms with Gasteiger partial charge in [0.15, 0.2) is 11.2 Å². The molecule has 1 aromatic heterocycles. The maximum atomic E-state index is 11.5. The molecule has 0 radical (unpaired) electrons. The molecule has 8 heteroatoms. The molecule has 0 aliphatic carbocycles. The molecule has 0 saturated carbocycles. The van der Waals surface area contributed by atoms with Crippen molar-refractivity contribution in [3.63, 3.8) is 0 Å². The van der Waals surface area contributed by atoms with Gasteiger partial charge in [0, 0.05) is 0 Å². The molecule has 0 fully saturated rings. The molecule has 0 spiro atoms. The number of nitrogens with one attached hydrogen (secondary N) is 2. The molecule has 0 bridgehead atoms. The van der Waals surface area contributed by atoms with Gasteiger partial charge in [-0.15, -0.1) is 0 Å². The number of carboxylic acids is 1. The predicted molar refractivity (Wildman–Crippen MR) is 70.3 cm³/mol. The van der Waals surface area contributed by atoms with E-state index in [1.165, 1.54) is 11.3 Å². The zero-order valence-corrected chi connectivity index (χ0v) is 10.5. The molecule has 19 heavy (non-hydrogen) atoms. The third-order valence-electron chi connectivity index (χ3n) is 2.30. The number of rotatable bonds is 4. The van der Waals surface area contributed by atoms with Gasteiger partial charge in [-0.3, -0.25) is 5.32 Å². The first-order chi connectivity index (χ1) is 9.10. The topological polar surface area (TPSA) is 112 Å². The van der Waals surface area contributed by atoms with Gasteiger partial charge in [0.05, 0.1) is 16.8 Å². The number of hydrogen-bond donors (Lipinski definition) is 4. The number of carbonyl (C=O) groups excluding carboxylic acids is 1. The van der Waals surface area contributed by atoms with Crippen molar-refractivity contribution in [1.82, 2.24) is 10.3 Å². The number of aromatic nitrogens is 1. The summed E-state index contributed by atoms with van der Waals surface area (Å²) in [5.41, 5.74) is 0.750. The molecule has 4 N–H and O–H groups in total. The molecule has 1 heterocycles. The van der Waals surface area contributed by atoms with Crippen molar-refractivity contribution in [2.75, 3.05) is 11.9 Å². The first-order valence-corrected chi connectivity index (χ1v) is 6.18. The number of fused-ring (bicyclic) bond motifs is 1. The second kappa shape index (κ2) is 5.63. The lowest BCUT2D eigenvalue weighted by atomic mass is 10.3. The minimum atomic E-state index is -1.34. The molecule has 0 saturated heterocycles. The second-order valence-electron chi connectivity index (χ2n) is 3.66. The highest BCUT2D eigenvalue weighted by Crippen LogP contribution is 2.25. The first-order valence-electron chi connectivity index (χ1n) is 5.37. The van der Waals surface area contributed by atoms with Crippen molar-refractivity contribution >= 4 is 38.7 Å². The monoisotopic (exact) mass is 281 g/mol. The Balaban J connectivity index is 2.04. The summed E-state index contributed by atoms with van der Waals surface area (Å²) in [4.78, 5) is 26.3. The number of hydrogen-bond acceptors (Lipinski definition) is 5. The largest absolute Gasteiger partial charge is 0.480 e. The van der Waals surface area contributed by atoms with Crippen LogP contribution in [-0.4, -0.2) is 39.8 Å². The quantitative estimate of drug-likeness (QED) is 0.664. The van der Waals surface area contributed by atoms with Crippen molar-refractivity contribution in [2.24, 2.45) is 0 Å². The zero-order valence-electron chi connectivity index (χ0n) is 9.66. The van der Waals surface area contributed by atoms with Crippen LogP contribution in [0, 0.1) is 0 Å². The minimum absolute atomic E-state index is 0.362. The number of urea groups is 1. The number of carbonyl (C=O) groups is 2. The fraction of sp³-hybridized carbons (Fsp3) is 0.182. The lowest BCUT2D eigenvalue weighted by Gasteiger charge is -2.11. The van der Waals surface area contributed by atoms with Gasteiger partial charge in [-0.1, -0.05) is 23.5 Å². The Labute approximate surface area is 111 Å². The van der Waals surface area contributed by atoms with E-state index < -0.39 is 24.6 Å². The number of anilines is 1. The van der Waals surface area contributed by atoms with Crippen LogP contribution in [0.25, 0.3) is 10.2 Å². The van der Waals surface area contributed by atoms with Crippen molar-refractivity contribution in [3.8, 4) is 0 Å². The number of aliphatic hydroxyl groups is 1. The Hall–Kier alpha value is -2.19. The number of aliphatic hydroxyl groups excluding tert-OH is 1. The van der Waals surface area contributed by atoms with E-state index in [0.29, 0.717) is 5.13 Å². The summed E-state index contributed by atoms with van der Waals surface area (Å²) in [6, 6.07) is 5.30. The normalized spacial score (nSPS) is 12.1. The molecule has 0 aliphatic heterocycles. The van der Waals surface area contributed by atoms with E-state index in [-0.39, 0.29) is 0 Å². The smallest absolute Gasteiger partial charge is 0.328 e. The van der Waals surface area contributed by atoms with E-state index >= 15 is 0 Å². The average Bonchev–Trinajstić information content (AvgIpc) is 2.77. The van der Waals surface area contributed by atoms with Crippen LogP contribution in [0.2, 0.25) is 0 Å². The summed E-state index contributed by atoms with van der Waals surface area (Å²) in [5, 5.41) is 22.4. The molecule has 0 aliphatic rings. The number of nitrogens with zero attached hydrogens (tertiary/aromatic N) is 1. The summed E-state index contributed by atoms with van der Waals surface area (Å²) >= 11 is 1.28. The van der Waals surface area contributed by atoms with Gasteiger partial charge in [-0.25, -0.2) is 14.6 Å². The molecule has 1 atom stereocenters. The van der Waals surface area contributed by atoms with Crippen LogP contribution in [-0.2, 0) is 4.79 Å². The molecule has 2 rings (SSSR count). The molecule has 100 valence electrons. The van der Waals surface area contributed by atoms with Crippen LogP contribution < -0.4 is 10.6 Å². The highest BCUT2D eigenvalue weighted by molar-refractivity contribution is 7.22. The van der Waals surface area contributed by atoms with Crippen molar-refractivity contribution in [2.45, 2.75) is 6.04 Å². The number of aliphatic carboxylic acids is 1. The number of para-hydroxylation sites is 1. The third-order valence-corrected chi connectivity index (χ3v) is 3.25. The van der Waals surface area contributed by atoms with E-state index in [0.717, 1.165) is 10.2 Å². The Morgan fingerprint density at radius 3 is 2.74 bits per heavy atom. The molecule has 2 aromatic rings. The lowest BCUT2D eigenvalue weighted by Crippen LogP contribution is -2.45. The van der Waals surface area contributed by atoms with Crippen LogP contribution in [0.15, 0.2) is 24.3 Å². The maximum absolute atomic E-state index is 11.5.